The number of Topliss-reactive ketones (excluding diaryl/α,β-unsaturated/α-hetero) is 1. The molecule has 2 fully saturated rings. The number of rotatable bonds is 8. The van der Waals surface area contributed by atoms with Crippen LogP contribution in [0.2, 0.25) is 0 Å². The molecule has 2 aromatic heterocycles. The van der Waals surface area contributed by atoms with E-state index in [0.29, 0.717) is 31.6 Å². The lowest BCUT2D eigenvalue weighted by atomic mass is 10.0. The minimum Gasteiger partial charge on any atom is -0.369 e. The Morgan fingerprint density at radius 1 is 1.26 bits per heavy atom. The van der Waals surface area contributed by atoms with E-state index in [1.807, 2.05) is 31.6 Å². The largest absolute Gasteiger partial charge is 0.421 e. The van der Waals surface area contributed by atoms with Crippen molar-refractivity contribution in [2.75, 3.05) is 50.4 Å². The third-order valence-electron chi connectivity index (χ3n) is 6.98. The molecule has 0 spiro atoms. The van der Waals surface area contributed by atoms with Gasteiger partial charge in [-0.1, -0.05) is 0 Å². The Morgan fingerprint density at radius 2 is 2.03 bits per heavy atom. The minimum absolute atomic E-state index is 0.0676. The number of nitrogens with one attached hydrogen (secondary N) is 2. The van der Waals surface area contributed by atoms with Gasteiger partial charge in [0.25, 0.3) is 0 Å². The predicted molar refractivity (Wildman–Crippen MR) is 127 cm³/mol. The lowest BCUT2D eigenvalue weighted by Crippen LogP contribution is -2.43. The molecule has 35 heavy (non-hydrogen) atoms. The van der Waals surface area contributed by atoms with E-state index in [9.17, 15) is 18.0 Å². The second kappa shape index (κ2) is 9.73. The van der Waals surface area contributed by atoms with Crippen LogP contribution in [0.1, 0.15) is 50.4 Å². The molecule has 4 rings (SSSR count). The summed E-state index contributed by atoms with van der Waals surface area (Å²) >= 11 is 0. The van der Waals surface area contributed by atoms with Crippen molar-refractivity contribution in [1.29, 1.82) is 0 Å². The number of aryl methyl sites for hydroxylation is 1. The number of alkyl halides is 3. The number of carbonyl (C=O) groups excluding carboxylic acids is 1. The molecule has 0 radical (unpaired) electrons. The fourth-order valence-corrected chi connectivity index (χ4v) is 4.69. The molecule has 9 nitrogen and oxygen atoms in total. The second-order valence-electron chi connectivity index (χ2n) is 9.89. The Bertz CT molecular complexity index is 1070. The predicted octanol–water partition coefficient (Wildman–Crippen LogP) is 3.48. The standard InChI is InChI=1S/C23H33F3N8O/c1-15-18(14-34(31-15)16-6-10-32(4)13-16)29-21-28-12-17(23(24,25)26)20(30-21)27-8-5-9-33-11-7-19(35)22(33,2)3/h12,14,16H,5-11,13H2,1-4H3,(H2,27,28,29,30). The highest BCUT2D eigenvalue weighted by atomic mass is 19.4. The molecule has 0 saturated carbocycles. The minimum atomic E-state index is -4.58. The van der Waals surface area contributed by atoms with Gasteiger partial charge < -0.3 is 15.5 Å². The first-order chi connectivity index (χ1) is 16.4. The Morgan fingerprint density at radius 3 is 2.66 bits per heavy atom. The first kappa shape index (κ1) is 25.4. The van der Waals surface area contributed by atoms with Gasteiger partial charge >= 0.3 is 6.18 Å². The summed E-state index contributed by atoms with van der Waals surface area (Å²) in [7, 11) is 2.06. The summed E-state index contributed by atoms with van der Waals surface area (Å²) in [6.07, 6.45) is 0.137. The summed E-state index contributed by atoms with van der Waals surface area (Å²) < 4.78 is 42.6. The van der Waals surface area contributed by atoms with Gasteiger partial charge in [-0.3, -0.25) is 14.4 Å². The van der Waals surface area contributed by atoms with E-state index in [1.165, 1.54) is 0 Å². The average molecular weight is 495 g/mol. The number of anilines is 3. The Hall–Kier alpha value is -2.73. The Kier molecular flexibility index (Phi) is 7.05. The average Bonchev–Trinajstić information content (AvgIpc) is 3.44. The molecule has 1 atom stereocenters. The number of hydrogen-bond donors (Lipinski definition) is 2. The molecule has 2 N–H and O–H groups in total. The molecule has 1 unspecified atom stereocenters. The number of ketones is 1. The maximum Gasteiger partial charge on any atom is 0.421 e. The maximum atomic E-state index is 13.6. The van der Waals surface area contributed by atoms with Crippen molar-refractivity contribution >= 4 is 23.2 Å². The van der Waals surface area contributed by atoms with Crippen molar-refractivity contribution in [3.63, 3.8) is 0 Å². The van der Waals surface area contributed by atoms with E-state index >= 15 is 0 Å². The molecule has 0 bridgehead atoms. The SMILES string of the molecule is Cc1nn(C2CCN(C)C2)cc1Nc1ncc(C(F)(F)F)c(NCCCN2CCC(=O)C2(C)C)n1. The van der Waals surface area contributed by atoms with Crippen LogP contribution in [0.3, 0.4) is 0 Å². The van der Waals surface area contributed by atoms with E-state index in [2.05, 4.69) is 42.5 Å². The maximum absolute atomic E-state index is 13.6. The van der Waals surface area contributed by atoms with Crippen LogP contribution in [0.4, 0.5) is 30.6 Å². The molecule has 2 aromatic rings. The van der Waals surface area contributed by atoms with Crippen molar-refractivity contribution < 1.29 is 18.0 Å². The fourth-order valence-electron chi connectivity index (χ4n) is 4.69. The van der Waals surface area contributed by atoms with Crippen LogP contribution in [0.5, 0.6) is 0 Å². The van der Waals surface area contributed by atoms with Gasteiger partial charge in [0.1, 0.15) is 11.4 Å². The third-order valence-corrected chi connectivity index (χ3v) is 6.98. The Labute approximate surface area is 203 Å². The van der Waals surface area contributed by atoms with E-state index in [1.54, 1.807) is 0 Å². The van der Waals surface area contributed by atoms with Gasteiger partial charge in [0.15, 0.2) is 5.78 Å². The molecule has 0 aromatic carbocycles. The van der Waals surface area contributed by atoms with Crippen molar-refractivity contribution in [2.45, 2.75) is 57.8 Å². The molecule has 0 aliphatic carbocycles. The van der Waals surface area contributed by atoms with Crippen LogP contribution in [0.25, 0.3) is 0 Å². The molecular weight excluding hydrogens is 461 g/mol. The normalized spacial score (nSPS) is 21.1. The number of likely N-dealkylation sites (tertiary alicyclic amines) is 2. The number of carbonyl (C=O) groups is 1. The smallest absolute Gasteiger partial charge is 0.369 e. The van der Waals surface area contributed by atoms with Gasteiger partial charge in [0.05, 0.1) is 23.0 Å². The molecule has 2 aliphatic rings. The molecule has 2 saturated heterocycles. The molecular formula is C23H33F3N8O. The quantitative estimate of drug-likeness (QED) is 0.539. The van der Waals surface area contributed by atoms with Gasteiger partial charge in [-0.15, -0.1) is 0 Å². The molecule has 192 valence electrons. The van der Waals surface area contributed by atoms with Gasteiger partial charge in [-0.2, -0.15) is 23.3 Å². The zero-order chi connectivity index (χ0) is 25.4. The van der Waals surface area contributed by atoms with Crippen molar-refractivity contribution in [2.24, 2.45) is 0 Å². The zero-order valence-corrected chi connectivity index (χ0v) is 20.6. The van der Waals surface area contributed by atoms with Crippen molar-refractivity contribution in [1.82, 2.24) is 29.5 Å². The first-order valence-corrected chi connectivity index (χ1v) is 11.9. The molecule has 12 heteroatoms. The number of halogens is 3. The third kappa shape index (κ3) is 5.58. The Balaban J connectivity index is 1.43. The molecule has 0 amide bonds. The monoisotopic (exact) mass is 494 g/mol. The van der Waals surface area contributed by atoms with E-state index < -0.39 is 17.3 Å². The molecule has 4 heterocycles. The van der Waals surface area contributed by atoms with Crippen LogP contribution in [-0.4, -0.2) is 80.6 Å². The van der Waals surface area contributed by atoms with Crippen LogP contribution in [-0.2, 0) is 11.0 Å². The summed E-state index contributed by atoms with van der Waals surface area (Å²) in [6, 6.07) is 0.260. The summed E-state index contributed by atoms with van der Waals surface area (Å²) in [4.78, 5) is 24.3. The highest BCUT2D eigenvalue weighted by molar-refractivity contribution is 5.89. The topological polar surface area (TPSA) is 91.2 Å². The summed E-state index contributed by atoms with van der Waals surface area (Å²) in [5, 5.41) is 10.4. The summed E-state index contributed by atoms with van der Waals surface area (Å²) in [5.74, 6) is -0.0120. The lowest BCUT2D eigenvalue weighted by Gasteiger charge is -2.29. The highest BCUT2D eigenvalue weighted by Crippen LogP contribution is 2.34. The lowest BCUT2D eigenvalue weighted by molar-refractivity contribution is -0.137. The van der Waals surface area contributed by atoms with E-state index in [-0.39, 0.29) is 30.1 Å². The fraction of sp³-hybridized carbons (Fsp3) is 0.652. The summed E-state index contributed by atoms with van der Waals surface area (Å²) in [6.45, 7) is 9.06. The van der Waals surface area contributed by atoms with Crippen LogP contribution in [0, 0.1) is 6.92 Å². The summed E-state index contributed by atoms with van der Waals surface area (Å²) in [5.41, 5.74) is -0.0630. The zero-order valence-electron chi connectivity index (χ0n) is 20.6. The van der Waals surface area contributed by atoms with Crippen LogP contribution < -0.4 is 10.6 Å². The van der Waals surface area contributed by atoms with Gasteiger partial charge in [-0.05, 0) is 47.2 Å². The van der Waals surface area contributed by atoms with Gasteiger partial charge in [-0.25, -0.2) is 4.98 Å². The first-order valence-electron chi connectivity index (χ1n) is 11.9. The number of likely N-dealkylation sites (N-methyl/N-ethyl adjacent to an activating group) is 1. The van der Waals surface area contributed by atoms with Gasteiger partial charge in [0.2, 0.25) is 5.95 Å². The van der Waals surface area contributed by atoms with Gasteiger partial charge in [0, 0.05) is 45.0 Å². The van der Waals surface area contributed by atoms with Crippen molar-refractivity contribution in [3.8, 4) is 0 Å². The second-order valence-corrected chi connectivity index (χ2v) is 9.89. The highest BCUT2D eigenvalue weighted by Gasteiger charge is 2.39. The van der Waals surface area contributed by atoms with Crippen molar-refractivity contribution in [3.05, 3.63) is 23.7 Å². The number of aromatic nitrogens is 4. The number of hydrogen-bond acceptors (Lipinski definition) is 8. The van der Waals surface area contributed by atoms with Crippen LogP contribution >= 0.6 is 0 Å². The number of nitrogens with zero attached hydrogens (tertiary/aromatic N) is 6. The van der Waals surface area contributed by atoms with Crippen LogP contribution in [0.15, 0.2) is 12.4 Å². The molecule has 2 aliphatic heterocycles. The van der Waals surface area contributed by atoms with E-state index in [0.717, 1.165) is 31.4 Å². The van der Waals surface area contributed by atoms with E-state index in [4.69, 9.17) is 0 Å².